The summed E-state index contributed by atoms with van der Waals surface area (Å²) in [6.45, 7) is 0.827. The van der Waals surface area contributed by atoms with E-state index in [1.807, 2.05) is 0 Å². The molecule has 6 heteroatoms. The van der Waals surface area contributed by atoms with Crippen molar-refractivity contribution in [1.29, 1.82) is 0 Å². The maximum Gasteiger partial charge on any atom is 0.421 e. The number of nitrogens with one attached hydrogen (secondary N) is 1. The number of halogens is 4. The van der Waals surface area contributed by atoms with E-state index >= 15 is 0 Å². The molecule has 1 aliphatic heterocycles. The topological polar surface area (TPSA) is 21.3 Å². The molecule has 2 nitrogen and oxygen atoms in total. The third-order valence-corrected chi connectivity index (χ3v) is 2.90. The quantitative estimate of drug-likeness (QED) is 0.762. The van der Waals surface area contributed by atoms with Gasteiger partial charge in [-0.15, -0.1) is 0 Å². The molecule has 0 saturated carbocycles. The number of benzene rings is 1. The molecule has 1 aliphatic rings. The lowest BCUT2D eigenvalue weighted by Crippen LogP contribution is -2.46. The second-order valence-corrected chi connectivity index (χ2v) is 4.12. The fourth-order valence-electron chi connectivity index (χ4n) is 1.64. The van der Waals surface area contributed by atoms with Crippen LogP contribution in [0, 0.1) is 0 Å². The molecule has 1 aromatic rings. The van der Waals surface area contributed by atoms with E-state index in [1.54, 1.807) is 0 Å². The number of alkyl halides is 3. The van der Waals surface area contributed by atoms with E-state index in [9.17, 15) is 13.2 Å². The van der Waals surface area contributed by atoms with Crippen LogP contribution in [0.1, 0.15) is 12.5 Å². The Labute approximate surface area is 95.3 Å². The molecule has 0 amide bonds. The van der Waals surface area contributed by atoms with Crippen LogP contribution in [0.3, 0.4) is 0 Å². The predicted octanol–water partition coefficient (Wildman–Crippen LogP) is 3.52. The first-order chi connectivity index (χ1) is 7.34. The zero-order chi connectivity index (χ0) is 12.0. The third-order valence-electron chi connectivity index (χ3n) is 2.66. The van der Waals surface area contributed by atoms with Crippen LogP contribution in [0.5, 0.6) is 0 Å². The number of hydrogen-bond acceptors (Lipinski definition) is 2. The van der Waals surface area contributed by atoms with Gasteiger partial charge in [-0.3, -0.25) is 0 Å². The zero-order valence-electron chi connectivity index (χ0n) is 8.36. The number of fused-ring (bicyclic) bond motifs is 1. The van der Waals surface area contributed by atoms with Crippen LogP contribution >= 0.6 is 11.6 Å². The first-order valence-corrected chi connectivity index (χ1v) is 4.97. The van der Waals surface area contributed by atoms with Gasteiger partial charge in [0.1, 0.15) is 6.73 Å². The molecule has 0 aliphatic carbocycles. The van der Waals surface area contributed by atoms with Crippen LogP contribution in [0.15, 0.2) is 18.2 Å². The monoisotopic (exact) mass is 251 g/mol. The normalized spacial score (nSPS) is 24.8. The summed E-state index contributed by atoms with van der Waals surface area (Å²) < 4.78 is 43.6. The van der Waals surface area contributed by atoms with E-state index in [-0.39, 0.29) is 17.3 Å². The first-order valence-electron chi connectivity index (χ1n) is 4.59. The average molecular weight is 252 g/mol. The second kappa shape index (κ2) is 3.53. The van der Waals surface area contributed by atoms with Crippen molar-refractivity contribution in [3.05, 3.63) is 28.8 Å². The Morgan fingerprint density at radius 1 is 1.44 bits per heavy atom. The molecule has 1 heterocycles. The molecule has 0 bridgehead atoms. The van der Waals surface area contributed by atoms with E-state index in [0.717, 1.165) is 6.92 Å². The second-order valence-electron chi connectivity index (χ2n) is 3.69. The van der Waals surface area contributed by atoms with Crippen molar-refractivity contribution < 1.29 is 17.9 Å². The smallest absolute Gasteiger partial charge is 0.362 e. The molecule has 2 rings (SSSR count). The van der Waals surface area contributed by atoms with Crippen LogP contribution in [-0.2, 0) is 10.3 Å². The summed E-state index contributed by atoms with van der Waals surface area (Å²) in [7, 11) is 0. The number of hydrogen-bond donors (Lipinski definition) is 1. The Balaban J connectivity index is 2.59. The molecule has 1 atom stereocenters. The van der Waals surface area contributed by atoms with Gasteiger partial charge in [0.2, 0.25) is 0 Å². The molecule has 0 saturated heterocycles. The molecule has 0 fully saturated rings. The largest absolute Gasteiger partial charge is 0.421 e. The number of ether oxygens (including phenoxy) is 1. The first kappa shape index (κ1) is 11.5. The van der Waals surface area contributed by atoms with Gasteiger partial charge in [-0.25, -0.2) is 0 Å². The maximum absolute atomic E-state index is 12.9. The highest BCUT2D eigenvalue weighted by atomic mass is 35.5. The lowest BCUT2D eigenvalue weighted by atomic mass is 9.92. The minimum absolute atomic E-state index is 0.0127. The summed E-state index contributed by atoms with van der Waals surface area (Å²) in [6.07, 6.45) is -4.48. The van der Waals surface area contributed by atoms with Crippen molar-refractivity contribution in [2.75, 3.05) is 12.0 Å². The van der Waals surface area contributed by atoms with Gasteiger partial charge in [-0.05, 0) is 25.1 Å². The highest BCUT2D eigenvalue weighted by molar-refractivity contribution is 6.30. The minimum Gasteiger partial charge on any atom is -0.362 e. The van der Waals surface area contributed by atoms with Crippen LogP contribution in [-0.4, -0.2) is 12.9 Å². The van der Waals surface area contributed by atoms with Crippen molar-refractivity contribution in [3.63, 3.8) is 0 Å². The SMILES string of the molecule is C[C@]1(C(F)(F)F)OCNc2ccc(Cl)cc21. The Morgan fingerprint density at radius 3 is 2.75 bits per heavy atom. The van der Waals surface area contributed by atoms with E-state index in [0.29, 0.717) is 5.69 Å². The van der Waals surface area contributed by atoms with Gasteiger partial charge >= 0.3 is 6.18 Å². The van der Waals surface area contributed by atoms with Gasteiger partial charge in [-0.2, -0.15) is 13.2 Å². The lowest BCUT2D eigenvalue weighted by molar-refractivity contribution is -0.277. The van der Waals surface area contributed by atoms with Gasteiger partial charge in [0.15, 0.2) is 5.60 Å². The average Bonchev–Trinajstić information content (AvgIpc) is 2.18. The zero-order valence-corrected chi connectivity index (χ0v) is 9.12. The highest BCUT2D eigenvalue weighted by Crippen LogP contribution is 2.47. The Kier molecular flexibility index (Phi) is 2.55. The van der Waals surface area contributed by atoms with Gasteiger partial charge in [0.05, 0.1) is 0 Å². The molecular formula is C10H9ClF3NO. The Morgan fingerprint density at radius 2 is 2.12 bits per heavy atom. The van der Waals surface area contributed by atoms with Gasteiger partial charge < -0.3 is 10.1 Å². The number of rotatable bonds is 0. The molecule has 16 heavy (non-hydrogen) atoms. The molecule has 0 aromatic heterocycles. The van der Waals surface area contributed by atoms with E-state index in [4.69, 9.17) is 16.3 Å². The van der Waals surface area contributed by atoms with Crippen molar-refractivity contribution in [2.24, 2.45) is 0 Å². The highest BCUT2D eigenvalue weighted by Gasteiger charge is 2.56. The Hall–Kier alpha value is -0.940. The standard InChI is InChI=1S/C10H9ClF3NO/c1-9(10(12,13)14)7-4-6(11)2-3-8(7)15-5-16-9/h2-4,15H,5H2,1H3/t9-/m0/s1. The summed E-state index contributed by atoms with van der Waals surface area (Å²) >= 11 is 5.70. The van der Waals surface area contributed by atoms with Crippen LogP contribution < -0.4 is 5.32 Å². The van der Waals surface area contributed by atoms with E-state index in [2.05, 4.69) is 5.32 Å². The maximum atomic E-state index is 12.9. The lowest BCUT2D eigenvalue weighted by Gasteiger charge is -2.37. The fourth-order valence-corrected chi connectivity index (χ4v) is 1.81. The summed E-state index contributed by atoms with van der Waals surface area (Å²) in [4.78, 5) is 0. The van der Waals surface area contributed by atoms with Crippen LogP contribution in [0.2, 0.25) is 5.02 Å². The molecule has 88 valence electrons. The summed E-state index contributed by atoms with van der Waals surface area (Å²) in [6, 6.07) is 4.33. The Bertz CT molecular complexity index is 421. The summed E-state index contributed by atoms with van der Waals surface area (Å²) in [5.74, 6) is 0. The summed E-state index contributed by atoms with van der Waals surface area (Å²) in [5.41, 5.74) is -1.90. The molecule has 0 spiro atoms. The number of anilines is 1. The molecule has 0 unspecified atom stereocenters. The van der Waals surface area contributed by atoms with Crippen LogP contribution in [0.4, 0.5) is 18.9 Å². The molecule has 0 radical (unpaired) electrons. The van der Waals surface area contributed by atoms with Crippen molar-refractivity contribution >= 4 is 17.3 Å². The van der Waals surface area contributed by atoms with Crippen LogP contribution in [0.25, 0.3) is 0 Å². The summed E-state index contributed by atoms with van der Waals surface area (Å²) in [5, 5.41) is 2.99. The predicted molar refractivity (Wildman–Crippen MR) is 54.4 cm³/mol. The van der Waals surface area contributed by atoms with Crippen molar-refractivity contribution in [3.8, 4) is 0 Å². The van der Waals surface area contributed by atoms with E-state index < -0.39 is 11.8 Å². The minimum atomic E-state index is -4.48. The molecule has 1 aromatic carbocycles. The van der Waals surface area contributed by atoms with Crippen molar-refractivity contribution in [2.45, 2.75) is 18.7 Å². The van der Waals surface area contributed by atoms with Crippen molar-refractivity contribution in [1.82, 2.24) is 0 Å². The van der Waals surface area contributed by atoms with Gasteiger partial charge in [0.25, 0.3) is 0 Å². The third kappa shape index (κ3) is 1.64. The fraction of sp³-hybridized carbons (Fsp3) is 0.400. The van der Waals surface area contributed by atoms with Gasteiger partial charge in [0, 0.05) is 16.3 Å². The van der Waals surface area contributed by atoms with E-state index in [1.165, 1.54) is 18.2 Å². The van der Waals surface area contributed by atoms with Gasteiger partial charge in [-0.1, -0.05) is 11.6 Å². The molecule has 1 N–H and O–H groups in total. The molecular weight excluding hydrogens is 243 g/mol.